The van der Waals surface area contributed by atoms with Crippen LogP contribution in [0.1, 0.15) is 27.0 Å². The number of rotatable bonds is 7. The van der Waals surface area contributed by atoms with Crippen LogP contribution in [0.2, 0.25) is 0 Å². The van der Waals surface area contributed by atoms with Crippen molar-refractivity contribution >= 4 is 28.8 Å². The summed E-state index contributed by atoms with van der Waals surface area (Å²) in [6.45, 7) is 3.40. The number of nitrogens with one attached hydrogen (secondary N) is 1. The van der Waals surface area contributed by atoms with Crippen LogP contribution >= 0.6 is 0 Å². The van der Waals surface area contributed by atoms with E-state index in [4.69, 9.17) is 9.15 Å². The molecule has 0 bridgehead atoms. The minimum atomic E-state index is -1.62. The Hall–Kier alpha value is -4.85. The van der Waals surface area contributed by atoms with Gasteiger partial charge in [0.1, 0.15) is 17.9 Å². The number of anilines is 1. The van der Waals surface area contributed by atoms with E-state index in [2.05, 4.69) is 10.3 Å². The second-order valence-corrected chi connectivity index (χ2v) is 8.94. The number of oxazole rings is 1. The van der Waals surface area contributed by atoms with Crippen molar-refractivity contribution in [1.82, 2.24) is 4.98 Å². The highest BCUT2D eigenvalue weighted by molar-refractivity contribution is 6.05. The van der Waals surface area contributed by atoms with Gasteiger partial charge in [-0.2, -0.15) is 0 Å². The monoisotopic (exact) mass is 528 g/mol. The number of carbonyl (C=O) groups is 1. The van der Waals surface area contributed by atoms with Crippen molar-refractivity contribution in [3.05, 3.63) is 119 Å². The maximum Gasteiger partial charge on any atom is 0.256 e. The van der Waals surface area contributed by atoms with Crippen LogP contribution in [0, 0.1) is 31.3 Å². The summed E-state index contributed by atoms with van der Waals surface area (Å²) >= 11 is 0. The van der Waals surface area contributed by atoms with E-state index >= 15 is 0 Å². The molecule has 0 fully saturated rings. The fourth-order valence-corrected chi connectivity index (χ4v) is 4.06. The number of aryl methyl sites for hydroxylation is 1. The van der Waals surface area contributed by atoms with Gasteiger partial charge in [0.15, 0.2) is 23.0 Å². The summed E-state index contributed by atoms with van der Waals surface area (Å²) in [6.07, 6.45) is 3.80. The third-order valence-corrected chi connectivity index (χ3v) is 6.11. The van der Waals surface area contributed by atoms with Crippen molar-refractivity contribution in [3.8, 4) is 17.2 Å². The maximum atomic E-state index is 14.0. The molecule has 0 spiro atoms. The number of nitrogens with zero attached hydrogens (tertiary/aromatic N) is 1. The third kappa shape index (κ3) is 5.55. The minimum absolute atomic E-state index is 0.250. The molecule has 1 N–H and O–H groups in total. The quantitative estimate of drug-likeness (QED) is 0.218. The summed E-state index contributed by atoms with van der Waals surface area (Å²) in [4.78, 5) is 17.4. The average Bonchev–Trinajstić information content (AvgIpc) is 3.36. The lowest BCUT2D eigenvalue weighted by molar-refractivity contribution is 0.102. The van der Waals surface area contributed by atoms with Gasteiger partial charge in [0.05, 0.1) is 5.56 Å². The summed E-state index contributed by atoms with van der Waals surface area (Å²) in [5.41, 5.74) is 3.41. The highest BCUT2D eigenvalue weighted by Crippen LogP contribution is 2.35. The summed E-state index contributed by atoms with van der Waals surface area (Å²) in [6, 6.07) is 20.9. The molecule has 0 aliphatic heterocycles. The molecular weight excluding hydrogens is 505 g/mol. The molecule has 0 atom stereocenters. The molecule has 1 amide bonds. The van der Waals surface area contributed by atoms with Gasteiger partial charge >= 0.3 is 0 Å². The molecule has 196 valence electrons. The zero-order valence-corrected chi connectivity index (χ0v) is 21.1. The van der Waals surface area contributed by atoms with Gasteiger partial charge in [-0.3, -0.25) is 4.79 Å². The molecule has 8 heteroatoms. The van der Waals surface area contributed by atoms with E-state index in [1.165, 1.54) is 6.92 Å². The number of fused-ring (bicyclic) bond motifs is 1. The smallest absolute Gasteiger partial charge is 0.256 e. The Balaban J connectivity index is 1.46. The van der Waals surface area contributed by atoms with E-state index in [0.29, 0.717) is 34.2 Å². The number of hydrogen-bond acceptors (Lipinski definition) is 4. The Morgan fingerprint density at radius 2 is 1.77 bits per heavy atom. The van der Waals surface area contributed by atoms with Gasteiger partial charge in [0.2, 0.25) is 5.89 Å². The lowest BCUT2D eigenvalue weighted by Crippen LogP contribution is -2.15. The van der Waals surface area contributed by atoms with Crippen LogP contribution in [-0.2, 0) is 0 Å². The van der Waals surface area contributed by atoms with Crippen molar-refractivity contribution in [2.45, 2.75) is 13.8 Å². The zero-order valence-electron chi connectivity index (χ0n) is 21.1. The fraction of sp³-hybridized carbons (Fsp3) is 0.0968. The molecule has 5 rings (SSSR count). The first kappa shape index (κ1) is 25.8. The third-order valence-electron chi connectivity index (χ3n) is 6.11. The van der Waals surface area contributed by atoms with E-state index < -0.39 is 23.4 Å². The molecule has 5 aromatic rings. The zero-order chi connectivity index (χ0) is 27.5. The minimum Gasteiger partial charge on any atom is -0.489 e. The van der Waals surface area contributed by atoms with Crippen molar-refractivity contribution < 1.29 is 27.1 Å². The topological polar surface area (TPSA) is 64.4 Å². The standard InChI is InChI=1S/C31H23F3N2O3/c1-18-10-12-27-25(15-18)36-31(39-27)23-16-21(35-30(37)22-17-24(32)29(34)28(33)19(22)2)11-13-26(23)38-14-6-9-20-7-4-3-5-8-20/h3-13,15-17H,14H2,1-2H3,(H,35,37). The lowest BCUT2D eigenvalue weighted by Gasteiger charge is -2.13. The van der Waals surface area contributed by atoms with E-state index in [-0.39, 0.29) is 23.6 Å². The van der Waals surface area contributed by atoms with Crippen molar-refractivity contribution in [3.63, 3.8) is 0 Å². The number of halogens is 3. The first-order chi connectivity index (χ1) is 18.8. The SMILES string of the molecule is Cc1ccc2oc(-c3cc(NC(=O)c4cc(F)c(F)c(F)c4C)ccc3OCC=Cc3ccccc3)nc2c1. The first-order valence-electron chi connectivity index (χ1n) is 12.1. The predicted molar refractivity (Wildman–Crippen MR) is 144 cm³/mol. The molecule has 0 aliphatic carbocycles. The Labute approximate surface area is 222 Å². The molecule has 5 nitrogen and oxygen atoms in total. The summed E-state index contributed by atoms with van der Waals surface area (Å²) in [5.74, 6) is -4.56. The molecule has 4 aromatic carbocycles. The number of hydrogen-bond donors (Lipinski definition) is 1. The van der Waals surface area contributed by atoms with Crippen LogP contribution in [0.5, 0.6) is 5.75 Å². The van der Waals surface area contributed by atoms with Crippen LogP contribution < -0.4 is 10.1 Å². The Kier molecular flexibility index (Phi) is 7.19. The van der Waals surface area contributed by atoms with Gasteiger partial charge < -0.3 is 14.5 Å². The summed E-state index contributed by atoms with van der Waals surface area (Å²) < 4.78 is 53.4. The highest BCUT2D eigenvalue weighted by atomic mass is 19.2. The number of amides is 1. The molecule has 0 radical (unpaired) electrons. The molecule has 0 aliphatic rings. The van der Waals surface area contributed by atoms with E-state index in [1.54, 1.807) is 18.2 Å². The molecule has 39 heavy (non-hydrogen) atoms. The largest absolute Gasteiger partial charge is 0.489 e. The van der Waals surface area contributed by atoms with Crippen LogP contribution in [0.3, 0.4) is 0 Å². The number of aromatic nitrogens is 1. The van der Waals surface area contributed by atoms with Crippen molar-refractivity contribution in [2.24, 2.45) is 0 Å². The van der Waals surface area contributed by atoms with Gasteiger partial charge in [0, 0.05) is 16.8 Å². The van der Waals surface area contributed by atoms with Crippen LogP contribution in [0.15, 0.2) is 83.3 Å². The van der Waals surface area contributed by atoms with E-state index in [9.17, 15) is 18.0 Å². The number of carbonyl (C=O) groups excluding carboxylic acids is 1. The predicted octanol–water partition coefficient (Wildman–Crippen LogP) is 7.87. The van der Waals surface area contributed by atoms with Gasteiger partial charge in [-0.1, -0.05) is 42.5 Å². The Morgan fingerprint density at radius 3 is 2.56 bits per heavy atom. The van der Waals surface area contributed by atoms with Crippen LogP contribution in [0.25, 0.3) is 28.6 Å². The van der Waals surface area contributed by atoms with Gasteiger partial charge in [-0.05, 0) is 67.4 Å². The van der Waals surface area contributed by atoms with Gasteiger partial charge in [-0.15, -0.1) is 0 Å². The Bertz CT molecular complexity index is 1710. The lowest BCUT2D eigenvalue weighted by atomic mass is 10.1. The molecule has 0 unspecified atom stereocenters. The number of ether oxygens (including phenoxy) is 1. The van der Waals surface area contributed by atoms with Gasteiger partial charge in [-0.25, -0.2) is 18.2 Å². The Morgan fingerprint density at radius 1 is 0.974 bits per heavy atom. The number of benzene rings is 4. The molecule has 1 heterocycles. The average molecular weight is 529 g/mol. The fourth-order valence-electron chi connectivity index (χ4n) is 4.06. The molecule has 0 saturated carbocycles. The van der Waals surface area contributed by atoms with E-state index in [0.717, 1.165) is 11.1 Å². The second kappa shape index (κ2) is 10.9. The first-order valence-corrected chi connectivity index (χ1v) is 12.1. The highest BCUT2D eigenvalue weighted by Gasteiger charge is 2.21. The second-order valence-electron chi connectivity index (χ2n) is 8.94. The molecular formula is C31H23F3N2O3. The van der Waals surface area contributed by atoms with Crippen molar-refractivity contribution in [2.75, 3.05) is 11.9 Å². The normalized spacial score (nSPS) is 11.3. The van der Waals surface area contributed by atoms with Gasteiger partial charge in [0.25, 0.3) is 5.91 Å². The summed E-state index contributed by atoms with van der Waals surface area (Å²) in [5, 5.41) is 2.61. The molecule has 0 saturated heterocycles. The summed E-state index contributed by atoms with van der Waals surface area (Å²) in [7, 11) is 0. The van der Waals surface area contributed by atoms with E-state index in [1.807, 2.05) is 67.6 Å². The van der Waals surface area contributed by atoms with Crippen LogP contribution in [0.4, 0.5) is 18.9 Å². The molecule has 1 aromatic heterocycles. The van der Waals surface area contributed by atoms with Crippen molar-refractivity contribution in [1.29, 1.82) is 0 Å². The van der Waals surface area contributed by atoms with Crippen LogP contribution in [-0.4, -0.2) is 17.5 Å². The maximum absolute atomic E-state index is 14.0.